The van der Waals surface area contributed by atoms with Crippen LogP contribution >= 0.6 is 23.4 Å². The molecule has 0 aliphatic carbocycles. The molecular weight excluding hydrogens is 507 g/mol. The molecule has 4 rings (SSSR count). The third-order valence-electron chi connectivity index (χ3n) is 4.89. The fraction of sp³-hybridized carbons (Fsp3) is 0.115. The van der Waals surface area contributed by atoms with Gasteiger partial charge in [0, 0.05) is 0 Å². The highest BCUT2D eigenvalue weighted by Crippen LogP contribution is 2.39. The molecule has 1 heterocycles. The predicted octanol–water partition coefficient (Wildman–Crippen LogP) is 6.05. The first kappa shape index (κ1) is 25.3. The lowest BCUT2D eigenvalue weighted by atomic mass is 10.1. The summed E-state index contributed by atoms with van der Waals surface area (Å²) < 4.78 is 24.7. The van der Waals surface area contributed by atoms with Crippen LogP contribution in [0.4, 0.5) is 10.1 Å². The van der Waals surface area contributed by atoms with Crippen LogP contribution in [0.1, 0.15) is 28.4 Å². The number of carboxylic acid groups (broad SMARTS) is 1. The molecule has 1 fully saturated rings. The smallest absolute Gasteiger partial charge is 0.335 e. The molecule has 0 atom stereocenters. The van der Waals surface area contributed by atoms with Crippen molar-refractivity contribution >= 4 is 52.2 Å². The summed E-state index contributed by atoms with van der Waals surface area (Å²) in [5.41, 5.74) is 1.94. The van der Waals surface area contributed by atoms with Crippen molar-refractivity contribution in [3.8, 4) is 11.5 Å². The van der Waals surface area contributed by atoms with Gasteiger partial charge in [0.1, 0.15) is 12.4 Å². The molecule has 1 aliphatic rings. The Hall–Kier alpha value is -3.82. The minimum absolute atomic E-state index is 0.0861. The summed E-state index contributed by atoms with van der Waals surface area (Å²) in [6, 6.07) is 15.4. The van der Waals surface area contributed by atoms with E-state index in [0.717, 1.165) is 11.8 Å². The molecule has 36 heavy (non-hydrogen) atoms. The maximum absolute atomic E-state index is 13.1. The van der Waals surface area contributed by atoms with E-state index in [9.17, 15) is 19.1 Å². The number of amidine groups is 1. The molecule has 0 unspecified atom stereocenters. The minimum atomic E-state index is -1.03. The number of carbonyl (C=O) groups is 2. The second-order valence-electron chi connectivity index (χ2n) is 7.52. The van der Waals surface area contributed by atoms with Gasteiger partial charge in [-0.3, -0.25) is 4.79 Å². The van der Waals surface area contributed by atoms with Crippen molar-refractivity contribution in [2.75, 3.05) is 6.61 Å². The lowest BCUT2D eigenvalue weighted by Gasteiger charge is -2.15. The number of carbonyl (C=O) groups excluding carboxylic acids is 1. The summed E-state index contributed by atoms with van der Waals surface area (Å²) in [6.07, 6.45) is 1.65. The Kier molecular flexibility index (Phi) is 7.92. The molecule has 1 aliphatic heterocycles. The average molecular weight is 527 g/mol. The number of halogens is 2. The summed E-state index contributed by atoms with van der Waals surface area (Å²) in [4.78, 5) is 28.4. The van der Waals surface area contributed by atoms with Gasteiger partial charge in [0.25, 0.3) is 5.91 Å². The minimum Gasteiger partial charge on any atom is -0.490 e. The van der Waals surface area contributed by atoms with Crippen LogP contribution in [0.15, 0.2) is 70.6 Å². The largest absolute Gasteiger partial charge is 0.490 e. The first-order chi connectivity index (χ1) is 17.3. The van der Waals surface area contributed by atoms with E-state index < -0.39 is 5.97 Å². The molecule has 0 aromatic heterocycles. The molecule has 1 amide bonds. The van der Waals surface area contributed by atoms with E-state index >= 15 is 0 Å². The Morgan fingerprint density at radius 2 is 1.94 bits per heavy atom. The van der Waals surface area contributed by atoms with E-state index in [1.807, 2.05) is 6.92 Å². The predicted molar refractivity (Wildman–Crippen MR) is 138 cm³/mol. The van der Waals surface area contributed by atoms with E-state index in [-0.39, 0.29) is 28.9 Å². The number of nitrogens with one attached hydrogen (secondary N) is 1. The van der Waals surface area contributed by atoms with Crippen LogP contribution in [0.25, 0.3) is 6.08 Å². The SMILES string of the molecule is CCOc1cc(/C=C2/SC(=Nc3ccc(F)cc3)NC2=O)cc(Cl)c1OCc1cccc(C(=O)O)c1. The quantitative estimate of drug-likeness (QED) is 0.347. The van der Waals surface area contributed by atoms with Crippen LogP contribution in [-0.2, 0) is 11.4 Å². The molecule has 1 saturated heterocycles. The van der Waals surface area contributed by atoms with E-state index in [1.165, 1.54) is 36.4 Å². The van der Waals surface area contributed by atoms with Crippen molar-refractivity contribution in [2.24, 2.45) is 4.99 Å². The third-order valence-corrected chi connectivity index (χ3v) is 6.09. The molecule has 184 valence electrons. The van der Waals surface area contributed by atoms with Gasteiger partial charge < -0.3 is 19.9 Å². The highest BCUT2D eigenvalue weighted by Gasteiger charge is 2.24. The molecular formula is C26H20ClFN2O5S. The van der Waals surface area contributed by atoms with Crippen LogP contribution in [0.2, 0.25) is 5.02 Å². The average Bonchev–Trinajstić information content (AvgIpc) is 3.18. The molecule has 7 nitrogen and oxygen atoms in total. The van der Waals surface area contributed by atoms with Gasteiger partial charge in [-0.15, -0.1) is 0 Å². The number of hydrogen-bond acceptors (Lipinski definition) is 6. The van der Waals surface area contributed by atoms with Crippen LogP contribution in [0, 0.1) is 5.82 Å². The Labute approximate surface area is 215 Å². The zero-order valence-corrected chi connectivity index (χ0v) is 20.5. The van der Waals surface area contributed by atoms with Crippen LogP contribution in [-0.4, -0.2) is 28.8 Å². The summed E-state index contributed by atoms with van der Waals surface area (Å²) in [5, 5.41) is 12.5. The molecule has 10 heteroatoms. The summed E-state index contributed by atoms with van der Waals surface area (Å²) >= 11 is 7.65. The Bertz CT molecular complexity index is 1380. The highest BCUT2D eigenvalue weighted by atomic mass is 35.5. The summed E-state index contributed by atoms with van der Waals surface area (Å²) in [7, 11) is 0. The van der Waals surface area contributed by atoms with E-state index in [2.05, 4.69) is 10.3 Å². The van der Waals surface area contributed by atoms with E-state index in [1.54, 1.807) is 30.3 Å². The maximum Gasteiger partial charge on any atom is 0.335 e. The van der Waals surface area contributed by atoms with Crippen LogP contribution in [0.3, 0.4) is 0 Å². The van der Waals surface area contributed by atoms with Gasteiger partial charge >= 0.3 is 5.97 Å². The molecule has 0 spiro atoms. The normalized spacial score (nSPS) is 15.2. The first-order valence-electron chi connectivity index (χ1n) is 10.8. The number of nitrogens with zero attached hydrogens (tertiary/aromatic N) is 1. The van der Waals surface area contributed by atoms with Crippen molar-refractivity contribution in [3.05, 3.63) is 93.1 Å². The number of hydrogen-bond donors (Lipinski definition) is 2. The van der Waals surface area contributed by atoms with Gasteiger partial charge in [0.15, 0.2) is 16.7 Å². The van der Waals surface area contributed by atoms with Crippen molar-refractivity contribution in [1.82, 2.24) is 5.32 Å². The van der Waals surface area contributed by atoms with Crippen molar-refractivity contribution in [1.29, 1.82) is 0 Å². The van der Waals surface area contributed by atoms with Crippen LogP contribution in [0.5, 0.6) is 11.5 Å². The van der Waals surface area contributed by atoms with E-state index in [4.69, 9.17) is 21.1 Å². The highest BCUT2D eigenvalue weighted by molar-refractivity contribution is 8.18. The fourth-order valence-electron chi connectivity index (χ4n) is 3.29. The summed E-state index contributed by atoms with van der Waals surface area (Å²) in [6.45, 7) is 2.26. The standard InChI is InChI=1S/C26H20ClFN2O5S/c1-2-34-21-12-16(11-20(27)23(21)35-14-15-4-3-5-17(10-15)25(32)33)13-22-24(31)30-26(36-22)29-19-8-6-18(28)7-9-19/h3-13H,2,14H2,1H3,(H,32,33)(H,29,30,31)/b22-13+. The molecule has 0 radical (unpaired) electrons. The molecule has 0 saturated carbocycles. The number of thioether (sulfide) groups is 1. The summed E-state index contributed by atoms with van der Waals surface area (Å²) in [5.74, 6) is -1.03. The number of carboxylic acids is 1. The van der Waals surface area contributed by atoms with Crippen molar-refractivity contribution in [3.63, 3.8) is 0 Å². The van der Waals surface area contributed by atoms with Gasteiger partial charge in [-0.05, 0) is 84.4 Å². The number of aromatic carboxylic acids is 1. The topological polar surface area (TPSA) is 97.2 Å². The Morgan fingerprint density at radius 1 is 1.17 bits per heavy atom. The molecule has 3 aromatic carbocycles. The third kappa shape index (κ3) is 6.24. The number of rotatable bonds is 8. The number of aliphatic imine (C=N–C) groups is 1. The maximum atomic E-state index is 13.1. The lowest BCUT2D eigenvalue weighted by Crippen LogP contribution is -2.19. The monoisotopic (exact) mass is 526 g/mol. The van der Waals surface area contributed by atoms with Crippen molar-refractivity contribution in [2.45, 2.75) is 13.5 Å². The second-order valence-corrected chi connectivity index (χ2v) is 8.95. The van der Waals surface area contributed by atoms with Crippen molar-refractivity contribution < 1.29 is 28.6 Å². The zero-order chi connectivity index (χ0) is 25.7. The van der Waals surface area contributed by atoms with Gasteiger partial charge in [-0.1, -0.05) is 23.7 Å². The van der Waals surface area contributed by atoms with Gasteiger partial charge in [0.05, 0.1) is 27.8 Å². The first-order valence-corrected chi connectivity index (χ1v) is 12.0. The second kappa shape index (κ2) is 11.3. The zero-order valence-electron chi connectivity index (χ0n) is 19.0. The van der Waals surface area contributed by atoms with Gasteiger partial charge in [-0.2, -0.15) is 0 Å². The fourth-order valence-corrected chi connectivity index (χ4v) is 4.40. The molecule has 3 aromatic rings. The number of benzene rings is 3. The Balaban J connectivity index is 1.55. The van der Waals surface area contributed by atoms with Gasteiger partial charge in [0.2, 0.25) is 0 Å². The van der Waals surface area contributed by atoms with Gasteiger partial charge in [-0.25, -0.2) is 14.2 Å². The molecule has 2 N–H and O–H groups in total. The number of ether oxygens (including phenoxy) is 2. The van der Waals surface area contributed by atoms with E-state index in [0.29, 0.717) is 45.0 Å². The Morgan fingerprint density at radius 3 is 2.67 bits per heavy atom. The number of amides is 1. The lowest BCUT2D eigenvalue weighted by molar-refractivity contribution is -0.115. The van der Waals surface area contributed by atoms with Crippen LogP contribution < -0.4 is 14.8 Å². The molecule has 0 bridgehead atoms.